The molecule has 29 heavy (non-hydrogen) atoms. The van der Waals surface area contributed by atoms with Crippen molar-refractivity contribution in [2.45, 2.75) is 18.7 Å². The molecule has 0 radical (unpaired) electrons. The lowest BCUT2D eigenvalue weighted by molar-refractivity contribution is 0.0704. The van der Waals surface area contributed by atoms with Gasteiger partial charge in [0, 0.05) is 63.2 Å². The molecule has 4 rings (SSSR count). The fourth-order valence-electron chi connectivity index (χ4n) is 3.84. The summed E-state index contributed by atoms with van der Waals surface area (Å²) in [5.74, 6) is 3.68. The third-order valence-corrected chi connectivity index (χ3v) is 6.42. The lowest BCUT2D eigenvalue weighted by atomic mass is 10.1. The van der Waals surface area contributed by atoms with Gasteiger partial charge in [0.1, 0.15) is 12.7 Å². The van der Waals surface area contributed by atoms with Crippen molar-refractivity contribution in [1.29, 1.82) is 0 Å². The molecule has 2 saturated heterocycles. The van der Waals surface area contributed by atoms with E-state index in [1.165, 1.54) is 5.56 Å². The summed E-state index contributed by atoms with van der Waals surface area (Å²) in [6, 6.07) is 8.49. The maximum atomic E-state index is 10.3. The molecule has 1 aromatic heterocycles. The normalized spacial score (nSPS) is 19.7. The van der Waals surface area contributed by atoms with Crippen LogP contribution < -0.4 is 9.47 Å². The van der Waals surface area contributed by atoms with E-state index in [2.05, 4.69) is 21.0 Å². The van der Waals surface area contributed by atoms with Gasteiger partial charge in [-0.2, -0.15) is 16.9 Å². The average molecular weight is 419 g/mol. The lowest BCUT2D eigenvalue weighted by Gasteiger charge is -2.39. The number of aromatic nitrogens is 2. The predicted octanol–water partition coefficient (Wildman–Crippen LogP) is 1.74. The minimum atomic E-state index is -0.497. The van der Waals surface area contributed by atoms with Crippen LogP contribution in [0, 0.1) is 0 Å². The molecule has 2 aliphatic heterocycles. The summed E-state index contributed by atoms with van der Waals surface area (Å²) in [5, 5.41) is 14.6. The summed E-state index contributed by atoms with van der Waals surface area (Å²) in [4.78, 5) is 4.69. The highest BCUT2D eigenvalue weighted by molar-refractivity contribution is 7.99. The minimum absolute atomic E-state index is 0.275. The number of thioether (sulfide) groups is 1. The van der Waals surface area contributed by atoms with Gasteiger partial charge in [-0.1, -0.05) is 6.07 Å². The quantitative estimate of drug-likeness (QED) is 0.665. The molecule has 1 N–H and O–H groups in total. The Morgan fingerprint density at radius 3 is 2.76 bits per heavy atom. The Hall–Kier alpha value is -1.74. The van der Waals surface area contributed by atoms with Crippen LogP contribution in [0.1, 0.15) is 11.6 Å². The second-order valence-corrected chi connectivity index (χ2v) is 8.92. The number of hydrogen-bond donors (Lipinski definition) is 1. The van der Waals surface area contributed by atoms with E-state index in [9.17, 15) is 5.11 Å². The number of likely N-dealkylation sites (tertiary alicyclic amines) is 1. The van der Waals surface area contributed by atoms with Gasteiger partial charge in [-0.3, -0.25) is 14.5 Å². The first-order valence-electron chi connectivity index (χ1n) is 10.2. The second kappa shape index (κ2) is 9.84. The van der Waals surface area contributed by atoms with Crippen LogP contribution in [0.15, 0.2) is 36.7 Å². The Bertz CT molecular complexity index is 761. The Labute approximate surface area is 176 Å². The van der Waals surface area contributed by atoms with E-state index in [-0.39, 0.29) is 6.61 Å². The molecule has 158 valence electrons. The molecule has 0 saturated carbocycles. The molecule has 0 spiro atoms. The number of benzene rings is 1. The molecule has 1 atom stereocenters. The standard InChI is InChI=1S/C21H30N4O3S/c1-27-21-11-17(12-24-13-18(14-24)25-6-2-5-22-25)3-4-20(21)28-16-19(26)15-23-7-9-29-10-8-23/h2-6,11,18-19,26H,7-10,12-16H2,1H3. The Balaban J connectivity index is 1.25. The molecule has 1 aromatic carbocycles. The lowest BCUT2D eigenvalue weighted by Crippen LogP contribution is -2.47. The topological polar surface area (TPSA) is 63.0 Å². The largest absolute Gasteiger partial charge is 0.493 e. The number of rotatable bonds is 9. The summed E-state index contributed by atoms with van der Waals surface area (Å²) in [6.45, 7) is 5.90. The van der Waals surface area contributed by atoms with Gasteiger partial charge in [0.25, 0.3) is 0 Å². The third-order valence-electron chi connectivity index (χ3n) is 5.47. The summed E-state index contributed by atoms with van der Waals surface area (Å²) in [7, 11) is 1.66. The van der Waals surface area contributed by atoms with Gasteiger partial charge in [0.15, 0.2) is 11.5 Å². The van der Waals surface area contributed by atoms with Gasteiger partial charge in [-0.25, -0.2) is 0 Å². The van der Waals surface area contributed by atoms with Crippen LogP contribution in [0.5, 0.6) is 11.5 Å². The van der Waals surface area contributed by atoms with E-state index in [1.54, 1.807) is 7.11 Å². The first kappa shape index (κ1) is 20.5. The zero-order valence-electron chi connectivity index (χ0n) is 16.9. The van der Waals surface area contributed by atoms with Crippen LogP contribution in [0.3, 0.4) is 0 Å². The average Bonchev–Trinajstić information content (AvgIpc) is 3.24. The van der Waals surface area contributed by atoms with Crippen LogP contribution in [0.25, 0.3) is 0 Å². The van der Waals surface area contributed by atoms with Crippen molar-refractivity contribution in [3.63, 3.8) is 0 Å². The van der Waals surface area contributed by atoms with Crippen molar-refractivity contribution in [2.75, 3.05) is 57.9 Å². The van der Waals surface area contributed by atoms with Crippen molar-refractivity contribution in [3.8, 4) is 11.5 Å². The van der Waals surface area contributed by atoms with Crippen LogP contribution in [0.4, 0.5) is 0 Å². The van der Waals surface area contributed by atoms with Crippen LogP contribution >= 0.6 is 11.8 Å². The molecule has 3 heterocycles. The molecule has 0 amide bonds. The molecular weight excluding hydrogens is 388 g/mol. The van der Waals surface area contributed by atoms with Crippen molar-refractivity contribution in [3.05, 3.63) is 42.2 Å². The first-order chi connectivity index (χ1) is 14.2. The van der Waals surface area contributed by atoms with E-state index in [0.29, 0.717) is 24.1 Å². The SMILES string of the molecule is COc1cc(CN2CC(n3cccn3)C2)ccc1OCC(O)CN1CCSCC1. The number of β-amino-alcohol motifs (C(OH)–C–C–N with tert-alkyl or cyclic N) is 1. The van der Waals surface area contributed by atoms with Crippen molar-refractivity contribution < 1.29 is 14.6 Å². The van der Waals surface area contributed by atoms with Crippen molar-refractivity contribution in [1.82, 2.24) is 19.6 Å². The van der Waals surface area contributed by atoms with Crippen molar-refractivity contribution in [2.24, 2.45) is 0 Å². The summed E-state index contributed by atoms with van der Waals surface area (Å²) in [6.07, 6.45) is 3.35. The zero-order chi connectivity index (χ0) is 20.1. The highest BCUT2D eigenvalue weighted by Gasteiger charge is 2.28. The number of methoxy groups -OCH3 is 1. The monoisotopic (exact) mass is 418 g/mol. The van der Waals surface area contributed by atoms with Crippen LogP contribution in [-0.2, 0) is 6.54 Å². The van der Waals surface area contributed by atoms with Crippen molar-refractivity contribution >= 4 is 11.8 Å². The number of ether oxygens (including phenoxy) is 2. The second-order valence-electron chi connectivity index (χ2n) is 7.70. The number of aliphatic hydroxyl groups is 1. The number of nitrogens with zero attached hydrogens (tertiary/aromatic N) is 4. The van der Waals surface area contributed by atoms with E-state index in [1.807, 2.05) is 47.0 Å². The number of aliphatic hydroxyl groups excluding tert-OH is 1. The van der Waals surface area contributed by atoms with E-state index in [0.717, 1.165) is 44.2 Å². The highest BCUT2D eigenvalue weighted by atomic mass is 32.2. The minimum Gasteiger partial charge on any atom is -0.493 e. The summed E-state index contributed by atoms with van der Waals surface area (Å²) >= 11 is 1.97. The fourth-order valence-corrected chi connectivity index (χ4v) is 4.82. The van der Waals surface area contributed by atoms with Gasteiger partial charge in [-0.05, 0) is 23.8 Å². The zero-order valence-corrected chi connectivity index (χ0v) is 17.8. The highest BCUT2D eigenvalue weighted by Crippen LogP contribution is 2.30. The smallest absolute Gasteiger partial charge is 0.161 e. The fraction of sp³-hybridized carbons (Fsp3) is 0.571. The molecule has 1 unspecified atom stereocenters. The first-order valence-corrected chi connectivity index (χ1v) is 11.4. The van der Waals surface area contributed by atoms with E-state index < -0.39 is 6.10 Å². The molecule has 2 aromatic rings. The van der Waals surface area contributed by atoms with Gasteiger partial charge in [0.2, 0.25) is 0 Å². The Kier molecular flexibility index (Phi) is 6.97. The van der Waals surface area contributed by atoms with Gasteiger partial charge >= 0.3 is 0 Å². The molecule has 2 fully saturated rings. The molecule has 7 nitrogen and oxygen atoms in total. The third kappa shape index (κ3) is 5.45. The van der Waals surface area contributed by atoms with E-state index >= 15 is 0 Å². The van der Waals surface area contributed by atoms with Crippen LogP contribution in [0.2, 0.25) is 0 Å². The maximum absolute atomic E-state index is 10.3. The van der Waals surface area contributed by atoms with Gasteiger partial charge in [-0.15, -0.1) is 0 Å². The molecule has 2 aliphatic rings. The maximum Gasteiger partial charge on any atom is 0.161 e. The predicted molar refractivity (Wildman–Crippen MR) is 115 cm³/mol. The molecular formula is C21H30N4O3S. The number of hydrogen-bond acceptors (Lipinski definition) is 7. The Morgan fingerprint density at radius 1 is 1.21 bits per heavy atom. The summed E-state index contributed by atoms with van der Waals surface area (Å²) in [5.41, 5.74) is 1.19. The van der Waals surface area contributed by atoms with Crippen LogP contribution in [-0.4, -0.2) is 88.7 Å². The van der Waals surface area contributed by atoms with Gasteiger partial charge in [0.05, 0.1) is 13.2 Å². The van der Waals surface area contributed by atoms with Gasteiger partial charge < -0.3 is 14.6 Å². The molecule has 0 aliphatic carbocycles. The summed E-state index contributed by atoms with van der Waals surface area (Å²) < 4.78 is 13.4. The molecule has 8 heteroatoms. The molecule has 0 bridgehead atoms. The van der Waals surface area contributed by atoms with E-state index in [4.69, 9.17) is 9.47 Å². The Morgan fingerprint density at radius 2 is 2.03 bits per heavy atom.